The van der Waals surface area contributed by atoms with E-state index in [1.165, 1.54) is 31.2 Å². The van der Waals surface area contributed by atoms with Crippen molar-refractivity contribution in [3.8, 4) is 5.75 Å². The maximum atomic E-state index is 13.3. The van der Waals surface area contributed by atoms with E-state index in [0.29, 0.717) is 17.7 Å². The van der Waals surface area contributed by atoms with Gasteiger partial charge in [0.05, 0.1) is 34.3 Å². The molecule has 3 aromatic carbocycles. The van der Waals surface area contributed by atoms with Gasteiger partial charge in [-0.25, -0.2) is 8.42 Å². The average molecular weight is 567 g/mol. The molecule has 0 aliphatic carbocycles. The van der Waals surface area contributed by atoms with E-state index in [-0.39, 0.29) is 17.7 Å². The summed E-state index contributed by atoms with van der Waals surface area (Å²) in [6, 6.07) is 16.4. The molecule has 4 N–H and O–H groups in total. The fourth-order valence-corrected chi connectivity index (χ4v) is 5.47. The van der Waals surface area contributed by atoms with Crippen molar-refractivity contribution in [1.29, 1.82) is 0 Å². The second kappa shape index (κ2) is 12.6. The first-order valence-corrected chi connectivity index (χ1v) is 13.4. The predicted molar refractivity (Wildman–Crippen MR) is 137 cm³/mol. The first kappa shape index (κ1) is 30.1. The second-order valence-corrected chi connectivity index (χ2v) is 11.0. The Kier molecular flexibility index (Phi) is 9.73. The Morgan fingerprint density at radius 3 is 2.08 bits per heavy atom. The van der Waals surface area contributed by atoms with Crippen LogP contribution in [0.2, 0.25) is 0 Å². The first-order valence-electron chi connectivity index (χ1n) is 12.0. The molecule has 39 heavy (non-hydrogen) atoms. The number of benzene rings is 3. The van der Waals surface area contributed by atoms with E-state index >= 15 is 0 Å². The van der Waals surface area contributed by atoms with Gasteiger partial charge in [0.2, 0.25) is 10.0 Å². The number of halogens is 3. The van der Waals surface area contributed by atoms with Crippen molar-refractivity contribution in [1.82, 2.24) is 9.62 Å². The molecule has 0 heterocycles. The highest BCUT2D eigenvalue weighted by atomic mass is 32.2. The highest BCUT2D eigenvalue weighted by Gasteiger charge is 2.34. The summed E-state index contributed by atoms with van der Waals surface area (Å²) in [7, 11) is -4.45. The van der Waals surface area contributed by atoms with Gasteiger partial charge in [0.1, 0.15) is 5.75 Å². The molecule has 3 aromatic rings. The summed E-state index contributed by atoms with van der Waals surface area (Å²) in [6.45, 7) is 0.266. The van der Waals surface area contributed by atoms with Crippen molar-refractivity contribution >= 4 is 15.9 Å². The Labute approximate surface area is 224 Å². The van der Waals surface area contributed by atoms with Gasteiger partial charge >= 0.3 is 6.18 Å². The molecule has 210 valence electrons. The lowest BCUT2D eigenvalue weighted by Gasteiger charge is -2.30. The van der Waals surface area contributed by atoms with Crippen molar-refractivity contribution < 1.29 is 41.7 Å². The van der Waals surface area contributed by atoms with Crippen LogP contribution in [0.4, 0.5) is 13.2 Å². The van der Waals surface area contributed by atoms with E-state index < -0.39 is 63.9 Å². The molecule has 0 bridgehead atoms. The van der Waals surface area contributed by atoms with Crippen LogP contribution in [-0.2, 0) is 22.6 Å². The van der Waals surface area contributed by atoms with Crippen LogP contribution in [-0.4, -0.2) is 65.3 Å². The summed E-state index contributed by atoms with van der Waals surface area (Å²) in [6.07, 6.45) is -7.26. The molecule has 0 aliphatic rings. The Balaban J connectivity index is 1.90. The summed E-state index contributed by atoms with van der Waals surface area (Å²) in [5, 5.41) is 33.8. The minimum atomic E-state index is -4.66. The highest BCUT2D eigenvalue weighted by Crippen LogP contribution is 2.30. The number of phenolic OH excluding ortho intramolecular Hbond substituents is 1. The lowest BCUT2D eigenvalue weighted by molar-refractivity contribution is -0.137. The molecule has 1 amide bonds. The van der Waals surface area contributed by atoms with Crippen LogP contribution in [0.25, 0.3) is 0 Å². The summed E-state index contributed by atoms with van der Waals surface area (Å²) >= 11 is 0. The first-order chi connectivity index (χ1) is 18.3. The van der Waals surface area contributed by atoms with Crippen molar-refractivity contribution in [2.45, 2.75) is 42.7 Å². The van der Waals surface area contributed by atoms with Crippen LogP contribution in [0.1, 0.15) is 28.4 Å². The number of rotatable bonds is 11. The maximum Gasteiger partial charge on any atom is 0.416 e. The van der Waals surface area contributed by atoms with E-state index in [2.05, 4.69) is 5.32 Å². The minimum absolute atomic E-state index is 0.0547. The SMILES string of the molecule is C[C@H](O)CN(C[C@@H](O)[C@H](Cc1ccccc1)NC(=O)c1ccccc1O)S(=O)(=O)c1ccc(C(F)(F)F)cc1. The Bertz CT molecular complexity index is 1350. The molecular formula is C27H29F3N2O6S. The molecule has 8 nitrogen and oxygen atoms in total. The number of aromatic hydroxyl groups is 1. The zero-order chi connectivity index (χ0) is 28.8. The monoisotopic (exact) mass is 566 g/mol. The van der Waals surface area contributed by atoms with Gasteiger partial charge < -0.3 is 20.6 Å². The number of amides is 1. The van der Waals surface area contributed by atoms with Gasteiger partial charge in [0.25, 0.3) is 5.91 Å². The molecule has 0 aliphatic heterocycles. The molecule has 3 atom stereocenters. The van der Waals surface area contributed by atoms with Crippen LogP contribution >= 0.6 is 0 Å². The van der Waals surface area contributed by atoms with Crippen LogP contribution in [0.15, 0.2) is 83.8 Å². The number of alkyl halides is 3. The molecule has 0 aromatic heterocycles. The van der Waals surface area contributed by atoms with Crippen molar-refractivity contribution in [3.05, 3.63) is 95.6 Å². The molecule has 12 heteroatoms. The predicted octanol–water partition coefficient (Wildman–Crippen LogP) is 3.18. The van der Waals surface area contributed by atoms with Gasteiger partial charge in [-0.2, -0.15) is 17.5 Å². The van der Waals surface area contributed by atoms with Gasteiger partial charge in [0.15, 0.2) is 0 Å². The van der Waals surface area contributed by atoms with Crippen molar-refractivity contribution in [2.24, 2.45) is 0 Å². The highest BCUT2D eigenvalue weighted by molar-refractivity contribution is 7.89. The molecule has 0 saturated carbocycles. The minimum Gasteiger partial charge on any atom is -0.507 e. The summed E-state index contributed by atoms with van der Waals surface area (Å²) in [5.41, 5.74) is -0.369. The smallest absolute Gasteiger partial charge is 0.416 e. The molecule has 0 fully saturated rings. The summed E-state index contributed by atoms with van der Waals surface area (Å²) in [4.78, 5) is 12.5. The fraction of sp³-hybridized carbons (Fsp3) is 0.296. The number of hydrogen-bond donors (Lipinski definition) is 4. The zero-order valence-electron chi connectivity index (χ0n) is 20.9. The largest absolute Gasteiger partial charge is 0.507 e. The van der Waals surface area contributed by atoms with Crippen LogP contribution in [0, 0.1) is 0 Å². The topological polar surface area (TPSA) is 127 Å². The summed E-state index contributed by atoms with van der Waals surface area (Å²) < 4.78 is 66.3. The number of para-hydroxylation sites is 1. The van der Waals surface area contributed by atoms with E-state index in [0.717, 1.165) is 16.4 Å². The van der Waals surface area contributed by atoms with Gasteiger partial charge in [-0.15, -0.1) is 0 Å². The molecule has 3 rings (SSSR count). The Morgan fingerprint density at radius 1 is 0.923 bits per heavy atom. The number of phenols is 1. The Morgan fingerprint density at radius 2 is 1.51 bits per heavy atom. The Hall–Kier alpha value is -3.45. The normalized spacial score (nSPS) is 14.5. The molecule has 0 saturated heterocycles. The second-order valence-electron chi connectivity index (χ2n) is 9.05. The quantitative estimate of drug-likeness (QED) is 0.282. The number of carbonyl (C=O) groups is 1. The molecule has 0 spiro atoms. The lowest BCUT2D eigenvalue weighted by Crippen LogP contribution is -2.51. The third-order valence-electron chi connectivity index (χ3n) is 5.91. The number of sulfonamides is 1. The number of hydrogen-bond acceptors (Lipinski definition) is 6. The third kappa shape index (κ3) is 8.02. The zero-order valence-corrected chi connectivity index (χ0v) is 21.7. The van der Waals surface area contributed by atoms with Crippen molar-refractivity contribution in [2.75, 3.05) is 13.1 Å². The van der Waals surface area contributed by atoms with Crippen LogP contribution < -0.4 is 5.32 Å². The van der Waals surface area contributed by atoms with Crippen LogP contribution in [0.3, 0.4) is 0 Å². The number of carbonyl (C=O) groups excluding carboxylic acids is 1. The van der Waals surface area contributed by atoms with Gasteiger partial charge in [-0.3, -0.25) is 4.79 Å². The fourth-order valence-electron chi connectivity index (χ4n) is 3.93. The average Bonchev–Trinajstić information content (AvgIpc) is 2.88. The summed E-state index contributed by atoms with van der Waals surface area (Å²) in [5.74, 6) is -0.996. The number of nitrogens with zero attached hydrogens (tertiary/aromatic N) is 1. The van der Waals surface area contributed by atoms with Gasteiger partial charge in [-0.05, 0) is 55.3 Å². The number of aliphatic hydroxyl groups is 2. The molecule has 0 radical (unpaired) electrons. The standard InChI is InChI=1S/C27H29F3N2O6S/c1-18(33)16-32(39(37,38)21-13-11-20(12-14-21)27(28,29)30)17-25(35)23(15-19-7-3-2-4-8-19)31-26(36)22-9-5-6-10-24(22)34/h2-14,18,23,25,33-35H,15-17H2,1H3,(H,31,36)/t18-,23-,25+/m0/s1. The number of nitrogens with one attached hydrogen (secondary N) is 1. The lowest BCUT2D eigenvalue weighted by atomic mass is 10.00. The molecular weight excluding hydrogens is 537 g/mol. The van der Waals surface area contributed by atoms with Gasteiger partial charge in [0, 0.05) is 13.1 Å². The van der Waals surface area contributed by atoms with E-state index in [9.17, 15) is 41.7 Å². The van der Waals surface area contributed by atoms with E-state index in [4.69, 9.17) is 0 Å². The third-order valence-corrected chi connectivity index (χ3v) is 7.75. The molecule has 0 unspecified atom stereocenters. The number of aliphatic hydroxyl groups excluding tert-OH is 2. The maximum absolute atomic E-state index is 13.3. The van der Waals surface area contributed by atoms with Gasteiger partial charge in [-0.1, -0.05) is 42.5 Å². The van der Waals surface area contributed by atoms with E-state index in [1.54, 1.807) is 30.3 Å². The van der Waals surface area contributed by atoms with Crippen LogP contribution in [0.5, 0.6) is 5.75 Å². The van der Waals surface area contributed by atoms with E-state index in [1.807, 2.05) is 0 Å². The van der Waals surface area contributed by atoms with Crippen molar-refractivity contribution in [3.63, 3.8) is 0 Å².